The minimum absolute atomic E-state index is 0.0492. The first-order chi connectivity index (χ1) is 12.5. The molecule has 1 rings (SSSR count). The molecule has 0 fully saturated rings. The summed E-state index contributed by atoms with van der Waals surface area (Å²) in [6.07, 6.45) is 2.72. The molecule has 26 heavy (non-hydrogen) atoms. The van der Waals surface area contributed by atoms with Crippen LogP contribution >= 0.6 is 0 Å². The van der Waals surface area contributed by atoms with E-state index in [-0.39, 0.29) is 19.0 Å². The molecule has 0 aromatic carbocycles. The van der Waals surface area contributed by atoms with Gasteiger partial charge in [0, 0.05) is 18.3 Å². The molecule has 0 saturated heterocycles. The summed E-state index contributed by atoms with van der Waals surface area (Å²) >= 11 is 0. The van der Waals surface area contributed by atoms with E-state index in [9.17, 15) is 19.5 Å². The van der Waals surface area contributed by atoms with Crippen LogP contribution in [0.4, 0.5) is 4.79 Å². The molecule has 2 amide bonds. The Balaban J connectivity index is 2.40. The maximum Gasteiger partial charge on any atom is 0.408 e. The van der Waals surface area contributed by atoms with Crippen LogP contribution in [0.5, 0.6) is 0 Å². The van der Waals surface area contributed by atoms with Gasteiger partial charge in [0.15, 0.2) is 0 Å². The number of hydrogen-bond donors (Lipinski definition) is 2. The Morgan fingerprint density at radius 1 is 1.27 bits per heavy atom. The highest BCUT2D eigenvalue weighted by molar-refractivity contribution is 5.81. The second-order valence-corrected chi connectivity index (χ2v) is 5.92. The predicted molar refractivity (Wildman–Crippen MR) is 98.1 cm³/mol. The van der Waals surface area contributed by atoms with E-state index in [1.807, 2.05) is 0 Å². The Morgan fingerprint density at radius 2 is 2.00 bits per heavy atom. The van der Waals surface area contributed by atoms with Crippen LogP contribution in [0.3, 0.4) is 0 Å². The zero-order chi connectivity index (χ0) is 19.4. The topological polar surface area (TPSA) is 103 Å². The second kappa shape index (κ2) is 12.0. The van der Waals surface area contributed by atoms with Crippen molar-refractivity contribution >= 4 is 18.3 Å². The first kappa shape index (κ1) is 21.6. The number of hydrogen-bond acceptors (Lipinski definition) is 5. The highest BCUT2D eigenvalue weighted by atomic mass is 16.4. The van der Waals surface area contributed by atoms with Gasteiger partial charge in [-0.3, -0.25) is 19.5 Å². The maximum atomic E-state index is 12.0. The van der Waals surface area contributed by atoms with Crippen LogP contribution in [0, 0.1) is 0 Å². The Hall–Kier alpha value is -2.48. The zero-order valence-corrected chi connectivity index (χ0v) is 15.5. The second-order valence-electron chi connectivity index (χ2n) is 5.92. The molecule has 2 N–H and O–H groups in total. The number of carbonyl (C=O) groups excluding carboxylic acids is 2. The molecule has 0 radical (unpaired) electrons. The summed E-state index contributed by atoms with van der Waals surface area (Å²) in [5.74, 6) is -0.346. The monoisotopic (exact) mass is 364 g/mol. The fourth-order valence-corrected chi connectivity index (χ4v) is 2.50. The molecule has 1 aromatic heterocycles. The van der Waals surface area contributed by atoms with Crippen molar-refractivity contribution in [2.75, 3.05) is 32.7 Å². The van der Waals surface area contributed by atoms with Crippen LogP contribution in [-0.4, -0.2) is 70.9 Å². The Labute approximate surface area is 154 Å². The number of unbranched alkanes of at least 4 members (excludes halogenated alkanes) is 1. The van der Waals surface area contributed by atoms with Crippen LogP contribution in [0.2, 0.25) is 0 Å². The Kier molecular flexibility index (Phi) is 9.93. The number of rotatable bonds is 12. The lowest BCUT2D eigenvalue weighted by Crippen LogP contribution is -2.40. The molecular formula is C18H28N4O4. The lowest BCUT2D eigenvalue weighted by molar-refractivity contribution is -0.122. The van der Waals surface area contributed by atoms with Crippen molar-refractivity contribution in [2.45, 2.75) is 33.2 Å². The highest BCUT2D eigenvalue weighted by Crippen LogP contribution is 2.04. The first-order valence-corrected chi connectivity index (χ1v) is 8.87. The molecule has 1 heterocycles. The quantitative estimate of drug-likeness (QED) is 0.431. The number of carbonyl (C=O) groups is 3. The van der Waals surface area contributed by atoms with E-state index < -0.39 is 6.09 Å². The third-order valence-corrected chi connectivity index (χ3v) is 4.05. The van der Waals surface area contributed by atoms with Gasteiger partial charge in [-0.25, -0.2) is 4.79 Å². The molecule has 0 aliphatic carbocycles. The van der Waals surface area contributed by atoms with E-state index in [2.05, 4.69) is 29.0 Å². The number of carboxylic acid groups (broad SMARTS) is 1. The summed E-state index contributed by atoms with van der Waals surface area (Å²) in [5, 5.41) is 12.0. The summed E-state index contributed by atoms with van der Waals surface area (Å²) in [4.78, 5) is 41.4. The number of pyridine rings is 1. The van der Waals surface area contributed by atoms with Crippen molar-refractivity contribution in [3.8, 4) is 0 Å². The first-order valence-electron chi connectivity index (χ1n) is 8.87. The fourth-order valence-electron chi connectivity index (χ4n) is 2.50. The van der Waals surface area contributed by atoms with Gasteiger partial charge in [0.05, 0.1) is 12.2 Å². The van der Waals surface area contributed by atoms with Crippen LogP contribution in [0.25, 0.3) is 0 Å². The largest absolute Gasteiger partial charge is 0.465 e. The summed E-state index contributed by atoms with van der Waals surface area (Å²) in [6, 6.07) is 3.04. The molecule has 0 bridgehead atoms. The molecule has 1 aromatic rings. The molecule has 144 valence electrons. The molecule has 0 saturated carbocycles. The molecule has 0 atom stereocenters. The third kappa shape index (κ3) is 8.06. The highest BCUT2D eigenvalue weighted by Gasteiger charge is 2.17. The Morgan fingerprint density at radius 3 is 2.62 bits per heavy atom. The molecular weight excluding hydrogens is 336 g/mol. The minimum Gasteiger partial charge on any atom is -0.465 e. The lowest BCUT2D eigenvalue weighted by atomic mass is 10.2. The average molecular weight is 364 g/mol. The van der Waals surface area contributed by atoms with Crippen molar-refractivity contribution in [2.24, 2.45) is 0 Å². The lowest BCUT2D eigenvalue weighted by Gasteiger charge is -2.19. The number of amides is 2. The molecule has 0 spiro atoms. The summed E-state index contributed by atoms with van der Waals surface area (Å²) < 4.78 is 0. The smallest absolute Gasteiger partial charge is 0.408 e. The van der Waals surface area contributed by atoms with E-state index in [1.165, 1.54) is 18.3 Å². The van der Waals surface area contributed by atoms with Gasteiger partial charge in [0.25, 0.3) is 0 Å². The standard InChI is InChI=1S/C18H28N4O4/c1-3-21(4-2)10-6-5-8-20-17(24)13-22(18(25)26)12-16-11-15(14-23)7-9-19-16/h7,9,11,14H,3-6,8,10,12-13H2,1-2H3,(H,20,24)(H,25,26). The predicted octanol–water partition coefficient (Wildman–Crippen LogP) is 1.61. The Bertz CT molecular complexity index is 590. The van der Waals surface area contributed by atoms with Gasteiger partial charge in [-0.15, -0.1) is 0 Å². The van der Waals surface area contributed by atoms with E-state index >= 15 is 0 Å². The van der Waals surface area contributed by atoms with Crippen LogP contribution in [0.15, 0.2) is 18.3 Å². The normalized spacial score (nSPS) is 10.6. The van der Waals surface area contributed by atoms with Crippen LogP contribution in [-0.2, 0) is 11.3 Å². The van der Waals surface area contributed by atoms with Gasteiger partial charge in [0.1, 0.15) is 12.8 Å². The number of nitrogens with zero attached hydrogens (tertiary/aromatic N) is 3. The van der Waals surface area contributed by atoms with Gasteiger partial charge >= 0.3 is 6.09 Å². The summed E-state index contributed by atoms with van der Waals surface area (Å²) in [5.41, 5.74) is 0.835. The van der Waals surface area contributed by atoms with Crippen molar-refractivity contribution in [1.82, 2.24) is 20.1 Å². The SMILES string of the molecule is CCN(CC)CCCCNC(=O)CN(Cc1cc(C=O)ccn1)C(=O)O. The number of nitrogens with one attached hydrogen (secondary N) is 1. The van der Waals surface area contributed by atoms with Gasteiger partial charge in [-0.05, 0) is 44.6 Å². The summed E-state index contributed by atoms with van der Waals surface area (Å²) in [7, 11) is 0. The molecule has 0 unspecified atom stereocenters. The van der Waals surface area contributed by atoms with Gasteiger partial charge in [0.2, 0.25) is 5.91 Å². The zero-order valence-electron chi connectivity index (χ0n) is 15.5. The average Bonchev–Trinajstić information content (AvgIpc) is 2.64. The maximum absolute atomic E-state index is 12.0. The fraction of sp³-hybridized carbons (Fsp3) is 0.556. The molecule has 0 aliphatic heterocycles. The van der Waals surface area contributed by atoms with Crippen molar-refractivity contribution in [1.29, 1.82) is 0 Å². The van der Waals surface area contributed by atoms with E-state index in [0.29, 0.717) is 24.1 Å². The van der Waals surface area contributed by atoms with Gasteiger partial charge < -0.3 is 15.3 Å². The van der Waals surface area contributed by atoms with Crippen molar-refractivity contribution < 1.29 is 19.5 Å². The van der Waals surface area contributed by atoms with Crippen LogP contribution < -0.4 is 5.32 Å². The minimum atomic E-state index is -1.21. The molecule has 0 aliphatic rings. The molecule has 8 nitrogen and oxygen atoms in total. The van der Waals surface area contributed by atoms with E-state index in [0.717, 1.165) is 37.4 Å². The van der Waals surface area contributed by atoms with Crippen molar-refractivity contribution in [3.63, 3.8) is 0 Å². The number of aromatic nitrogens is 1. The molecule has 8 heteroatoms. The third-order valence-electron chi connectivity index (χ3n) is 4.05. The van der Waals surface area contributed by atoms with Crippen LogP contribution in [0.1, 0.15) is 42.7 Å². The van der Waals surface area contributed by atoms with E-state index in [4.69, 9.17) is 0 Å². The van der Waals surface area contributed by atoms with Gasteiger partial charge in [-0.1, -0.05) is 13.8 Å². The van der Waals surface area contributed by atoms with E-state index in [1.54, 1.807) is 0 Å². The summed E-state index contributed by atoms with van der Waals surface area (Å²) in [6.45, 7) is 7.45. The number of aldehydes is 1. The van der Waals surface area contributed by atoms with Crippen molar-refractivity contribution in [3.05, 3.63) is 29.6 Å². The van der Waals surface area contributed by atoms with Gasteiger partial charge in [-0.2, -0.15) is 0 Å².